The quantitative estimate of drug-likeness (QED) is 0.632. The second-order valence-electron chi connectivity index (χ2n) is 7.90. The van der Waals surface area contributed by atoms with Crippen molar-refractivity contribution in [3.8, 4) is 0 Å². The van der Waals surface area contributed by atoms with Gasteiger partial charge in [0.25, 0.3) is 5.91 Å². The van der Waals surface area contributed by atoms with Crippen LogP contribution in [0.15, 0.2) is 48.0 Å². The predicted octanol–water partition coefficient (Wildman–Crippen LogP) is 4.00. The Balaban J connectivity index is 1.83. The van der Waals surface area contributed by atoms with Crippen LogP contribution in [0.3, 0.4) is 0 Å². The van der Waals surface area contributed by atoms with Crippen molar-refractivity contribution >= 4 is 29.0 Å². The van der Waals surface area contributed by atoms with Crippen LogP contribution in [0.5, 0.6) is 0 Å². The molecular weight excluding hydrogens is 410 g/mol. The maximum atomic E-state index is 13.6. The van der Waals surface area contributed by atoms with E-state index in [1.165, 1.54) is 4.90 Å². The Morgan fingerprint density at radius 1 is 1.16 bits per heavy atom. The average molecular weight is 436 g/mol. The van der Waals surface area contributed by atoms with Crippen LogP contribution in [0.1, 0.15) is 59.0 Å². The van der Waals surface area contributed by atoms with E-state index in [9.17, 15) is 9.59 Å². The standard InChI is InChI=1S/C23H25N5O2S/c1-15-10-11-16(2)20(13-15)28(23(30)19-14-31-27-26-19)21(18-9-5-6-12-24-18)22(29)25-17-7-3-4-8-17/h5-6,9-14,17,21H,3-4,7-8H2,1-2H3,(H,25,29). The third-order valence-corrected chi connectivity index (χ3v) is 6.10. The topological polar surface area (TPSA) is 88.1 Å². The van der Waals surface area contributed by atoms with E-state index in [0.29, 0.717) is 11.4 Å². The summed E-state index contributed by atoms with van der Waals surface area (Å²) in [6, 6.07) is 10.5. The Labute approximate surface area is 185 Å². The maximum Gasteiger partial charge on any atom is 0.280 e. The van der Waals surface area contributed by atoms with Crippen LogP contribution in [-0.2, 0) is 4.79 Å². The Morgan fingerprint density at radius 2 is 1.97 bits per heavy atom. The summed E-state index contributed by atoms with van der Waals surface area (Å²) in [4.78, 5) is 33.2. The molecule has 2 heterocycles. The molecule has 31 heavy (non-hydrogen) atoms. The second kappa shape index (κ2) is 9.34. The van der Waals surface area contributed by atoms with Crippen molar-refractivity contribution < 1.29 is 9.59 Å². The molecular formula is C23H25N5O2S. The van der Waals surface area contributed by atoms with Crippen LogP contribution in [0.25, 0.3) is 0 Å². The molecule has 4 rings (SSSR count). The molecule has 3 aromatic rings. The maximum absolute atomic E-state index is 13.6. The number of carbonyl (C=O) groups excluding carboxylic acids is 2. The third kappa shape index (κ3) is 4.64. The van der Waals surface area contributed by atoms with E-state index in [1.54, 1.807) is 23.7 Å². The summed E-state index contributed by atoms with van der Waals surface area (Å²) in [5.74, 6) is -0.609. The lowest BCUT2D eigenvalue weighted by Gasteiger charge is -2.32. The number of hydrogen-bond acceptors (Lipinski definition) is 6. The number of amides is 2. The second-order valence-corrected chi connectivity index (χ2v) is 8.51. The van der Waals surface area contributed by atoms with Gasteiger partial charge in [-0.3, -0.25) is 19.5 Å². The molecule has 0 aliphatic heterocycles. The molecule has 2 aromatic heterocycles. The van der Waals surface area contributed by atoms with Gasteiger partial charge in [-0.05, 0) is 67.5 Å². The Hall–Kier alpha value is -3.13. The minimum absolute atomic E-state index is 0.121. The van der Waals surface area contributed by atoms with Gasteiger partial charge in [-0.1, -0.05) is 35.5 Å². The largest absolute Gasteiger partial charge is 0.351 e. The van der Waals surface area contributed by atoms with Gasteiger partial charge >= 0.3 is 0 Å². The number of hydrogen-bond donors (Lipinski definition) is 1. The molecule has 0 radical (unpaired) electrons. The molecule has 0 bridgehead atoms. The van der Waals surface area contributed by atoms with Crippen molar-refractivity contribution in [3.05, 3.63) is 70.5 Å². The summed E-state index contributed by atoms with van der Waals surface area (Å²) in [7, 11) is 0. The van der Waals surface area contributed by atoms with Crippen molar-refractivity contribution in [2.24, 2.45) is 0 Å². The number of aryl methyl sites for hydroxylation is 2. The van der Waals surface area contributed by atoms with Crippen molar-refractivity contribution in [1.29, 1.82) is 0 Å². The van der Waals surface area contributed by atoms with Crippen LogP contribution in [0.4, 0.5) is 5.69 Å². The molecule has 1 atom stereocenters. The lowest BCUT2D eigenvalue weighted by Crippen LogP contribution is -2.47. The fraction of sp³-hybridized carbons (Fsp3) is 0.348. The molecule has 1 fully saturated rings. The van der Waals surface area contributed by atoms with Gasteiger partial charge in [0.05, 0.1) is 5.69 Å². The monoisotopic (exact) mass is 435 g/mol. The fourth-order valence-corrected chi connectivity index (χ4v) is 4.43. The summed E-state index contributed by atoms with van der Waals surface area (Å²) >= 11 is 1.11. The molecule has 1 N–H and O–H groups in total. The van der Waals surface area contributed by atoms with Crippen LogP contribution in [0, 0.1) is 13.8 Å². The van der Waals surface area contributed by atoms with Crippen LogP contribution < -0.4 is 10.2 Å². The summed E-state index contributed by atoms with van der Waals surface area (Å²) in [5.41, 5.74) is 3.26. The predicted molar refractivity (Wildman–Crippen MR) is 120 cm³/mol. The highest BCUT2D eigenvalue weighted by Crippen LogP contribution is 2.32. The Bertz CT molecular complexity index is 1050. The van der Waals surface area contributed by atoms with E-state index >= 15 is 0 Å². The number of rotatable bonds is 6. The van der Waals surface area contributed by atoms with Gasteiger partial charge in [-0.15, -0.1) is 5.10 Å². The number of benzene rings is 1. The molecule has 1 saturated carbocycles. The number of nitrogens with zero attached hydrogens (tertiary/aromatic N) is 4. The van der Waals surface area contributed by atoms with E-state index in [2.05, 4.69) is 19.9 Å². The van der Waals surface area contributed by atoms with E-state index < -0.39 is 6.04 Å². The molecule has 0 saturated heterocycles. The van der Waals surface area contributed by atoms with Gasteiger partial charge in [-0.2, -0.15) is 0 Å². The highest BCUT2D eigenvalue weighted by molar-refractivity contribution is 7.03. The third-order valence-electron chi connectivity index (χ3n) is 5.60. The lowest BCUT2D eigenvalue weighted by molar-refractivity contribution is -0.123. The molecule has 8 heteroatoms. The summed E-state index contributed by atoms with van der Waals surface area (Å²) in [6.45, 7) is 3.89. The SMILES string of the molecule is Cc1ccc(C)c(N(C(=O)c2csnn2)C(C(=O)NC2CCCC2)c2ccccn2)c1. The molecule has 1 unspecified atom stereocenters. The highest BCUT2D eigenvalue weighted by Gasteiger charge is 2.37. The van der Waals surface area contributed by atoms with Crippen LogP contribution in [-0.4, -0.2) is 32.4 Å². The molecule has 0 spiro atoms. The normalized spacial score (nSPS) is 14.9. The van der Waals surface area contributed by atoms with E-state index in [4.69, 9.17) is 0 Å². The van der Waals surface area contributed by atoms with Gasteiger partial charge in [0.2, 0.25) is 5.91 Å². The zero-order chi connectivity index (χ0) is 21.8. The fourth-order valence-electron chi connectivity index (χ4n) is 4.00. The van der Waals surface area contributed by atoms with Crippen LogP contribution in [0.2, 0.25) is 0 Å². The Kier molecular flexibility index (Phi) is 6.36. The number of anilines is 1. The molecule has 7 nitrogen and oxygen atoms in total. The van der Waals surface area contributed by atoms with E-state index in [-0.39, 0.29) is 23.6 Å². The molecule has 1 aliphatic carbocycles. The lowest BCUT2D eigenvalue weighted by atomic mass is 10.0. The number of nitrogens with one attached hydrogen (secondary N) is 1. The number of aromatic nitrogens is 3. The first kappa shape index (κ1) is 21.1. The van der Waals surface area contributed by atoms with Gasteiger partial charge in [0.15, 0.2) is 11.7 Å². The minimum atomic E-state index is -0.920. The first-order chi connectivity index (χ1) is 15.0. The molecule has 1 aromatic carbocycles. The van der Waals surface area contributed by atoms with Crippen molar-refractivity contribution in [1.82, 2.24) is 19.9 Å². The van der Waals surface area contributed by atoms with E-state index in [1.807, 2.05) is 38.1 Å². The average Bonchev–Trinajstić information content (AvgIpc) is 3.48. The van der Waals surface area contributed by atoms with Gasteiger partial charge in [-0.25, -0.2) is 0 Å². The Morgan fingerprint density at radius 3 is 2.65 bits per heavy atom. The van der Waals surface area contributed by atoms with E-state index in [0.717, 1.165) is 48.3 Å². The van der Waals surface area contributed by atoms with Crippen LogP contribution >= 0.6 is 11.5 Å². The minimum Gasteiger partial charge on any atom is -0.351 e. The molecule has 1 aliphatic rings. The van der Waals surface area contributed by atoms with Gasteiger partial charge in [0.1, 0.15) is 0 Å². The smallest absolute Gasteiger partial charge is 0.280 e. The summed E-state index contributed by atoms with van der Waals surface area (Å²) < 4.78 is 3.85. The molecule has 160 valence electrons. The van der Waals surface area contributed by atoms with Crippen molar-refractivity contribution in [3.63, 3.8) is 0 Å². The van der Waals surface area contributed by atoms with Gasteiger partial charge in [0, 0.05) is 23.3 Å². The van der Waals surface area contributed by atoms with Crippen molar-refractivity contribution in [2.45, 2.75) is 51.6 Å². The zero-order valence-electron chi connectivity index (χ0n) is 17.6. The molecule has 2 amide bonds. The number of carbonyl (C=O) groups is 2. The van der Waals surface area contributed by atoms with Gasteiger partial charge < -0.3 is 5.32 Å². The van der Waals surface area contributed by atoms with Crippen molar-refractivity contribution in [2.75, 3.05) is 4.90 Å². The number of pyridine rings is 1. The zero-order valence-corrected chi connectivity index (χ0v) is 18.4. The highest BCUT2D eigenvalue weighted by atomic mass is 32.1. The summed E-state index contributed by atoms with van der Waals surface area (Å²) in [5, 5.41) is 8.74. The summed E-state index contributed by atoms with van der Waals surface area (Å²) in [6.07, 6.45) is 5.75. The first-order valence-electron chi connectivity index (χ1n) is 10.4. The first-order valence-corrected chi connectivity index (χ1v) is 11.3.